The number of thioether (sulfide) groups is 1. The summed E-state index contributed by atoms with van der Waals surface area (Å²) in [6.45, 7) is 9.15. The van der Waals surface area contributed by atoms with Crippen molar-refractivity contribution in [3.05, 3.63) is 12.7 Å². The van der Waals surface area contributed by atoms with E-state index in [-0.39, 0.29) is 54.9 Å². The van der Waals surface area contributed by atoms with Crippen molar-refractivity contribution >= 4 is 48.1 Å². The molecule has 3 rings (SSSR count). The van der Waals surface area contributed by atoms with E-state index in [1.807, 2.05) is 25.3 Å². The lowest BCUT2D eigenvalue weighted by Crippen LogP contribution is -2.39. The second kappa shape index (κ2) is 13.3. The first-order valence-electron chi connectivity index (χ1n) is 12.4. The Morgan fingerprint density at radius 3 is 2.74 bits per heavy atom. The molecule has 1 saturated heterocycles. The van der Waals surface area contributed by atoms with E-state index < -0.39 is 25.7 Å². The molecule has 0 amide bonds. The Bertz CT molecular complexity index is 1150. The lowest BCUT2D eigenvalue weighted by Gasteiger charge is -2.23. The van der Waals surface area contributed by atoms with E-state index in [1.165, 1.54) is 6.33 Å². The van der Waals surface area contributed by atoms with E-state index in [4.69, 9.17) is 30.0 Å². The van der Waals surface area contributed by atoms with Gasteiger partial charge in [-0.15, -0.1) is 0 Å². The number of carbonyl (C=O) groups excluding carboxylic acids is 2. The van der Waals surface area contributed by atoms with Crippen LogP contribution in [0.4, 0.5) is 5.82 Å². The molecule has 5 atom stereocenters. The average molecular weight is 573 g/mol. The highest BCUT2D eigenvalue weighted by molar-refractivity contribution is 8.13. The number of ether oxygens (including phenoxy) is 2. The Labute approximate surface area is 226 Å². The fraction of sp³-hybridized carbons (Fsp3) is 0.696. The van der Waals surface area contributed by atoms with E-state index in [0.717, 1.165) is 11.8 Å². The maximum absolute atomic E-state index is 12.5. The third kappa shape index (κ3) is 7.73. The number of hydrogen-bond donors (Lipinski definition) is 2. The van der Waals surface area contributed by atoms with Crippen LogP contribution < -0.4 is 11.5 Å². The molecule has 2 aromatic rings. The number of nitrogens with two attached hydrogens (primary N) is 2. The summed E-state index contributed by atoms with van der Waals surface area (Å²) in [6.07, 6.45) is 3.08. The first kappa shape index (κ1) is 30.5. The second-order valence-corrected chi connectivity index (χ2v) is 12.4. The van der Waals surface area contributed by atoms with Crippen LogP contribution in [0.25, 0.3) is 11.2 Å². The summed E-state index contributed by atoms with van der Waals surface area (Å²) in [5.74, 6) is 0.114. The summed E-state index contributed by atoms with van der Waals surface area (Å²) < 4.78 is 36.0. The molecule has 0 saturated carbocycles. The van der Waals surface area contributed by atoms with Crippen LogP contribution in [0.15, 0.2) is 12.7 Å². The average Bonchev–Trinajstić information content (AvgIpc) is 3.46. The van der Waals surface area contributed by atoms with Crippen molar-refractivity contribution in [3.63, 3.8) is 0 Å². The lowest BCUT2D eigenvalue weighted by molar-refractivity contribution is -0.150. The Morgan fingerprint density at radius 2 is 2.03 bits per heavy atom. The summed E-state index contributed by atoms with van der Waals surface area (Å²) in [4.78, 5) is 37.0. The number of fused-ring (bicyclic) bond motifs is 1. The van der Waals surface area contributed by atoms with Gasteiger partial charge in [0.15, 0.2) is 16.6 Å². The molecule has 1 fully saturated rings. The van der Waals surface area contributed by atoms with Crippen LogP contribution in [-0.4, -0.2) is 68.3 Å². The standard InChI is InChI=1S/C23H37N6O7PS/c1-13(2)16(24)21(30)33-10-23(4,5)22(31)38-7-6-34-37(32)35-9-15-8-14(3)20(36-15)29-12-28-17-18(25)26-11-27-19(17)29/h11-16,20,37H,6-10,24H2,1-5H3,(H2,25,26,27)/t14-,15-,16-,20+/m0/s1. The van der Waals surface area contributed by atoms with Crippen molar-refractivity contribution in [1.29, 1.82) is 0 Å². The number of anilines is 1. The highest BCUT2D eigenvalue weighted by Gasteiger charge is 2.35. The number of imidazole rings is 1. The Morgan fingerprint density at radius 1 is 1.29 bits per heavy atom. The SMILES string of the molecule is CC(C)[C@H](N)C(=O)OCC(C)(C)C(=O)SCCO[PH](=O)OC[C@@H]1C[C@H](C)[C@H](n2cnc3c(N)ncnc32)O1. The Kier molecular flexibility index (Phi) is 10.7. The highest BCUT2D eigenvalue weighted by atomic mass is 32.2. The molecule has 1 aliphatic heterocycles. The minimum atomic E-state index is -2.77. The zero-order valence-corrected chi connectivity index (χ0v) is 24.1. The third-order valence-electron chi connectivity index (χ3n) is 6.16. The van der Waals surface area contributed by atoms with Crippen molar-refractivity contribution in [2.45, 2.75) is 59.4 Å². The molecular formula is C23H37N6O7PS. The fourth-order valence-electron chi connectivity index (χ4n) is 3.76. The zero-order chi connectivity index (χ0) is 28.0. The molecule has 3 heterocycles. The molecule has 13 nitrogen and oxygen atoms in total. The van der Waals surface area contributed by atoms with Crippen LogP contribution in [-0.2, 0) is 32.7 Å². The van der Waals surface area contributed by atoms with E-state index in [0.29, 0.717) is 23.4 Å². The van der Waals surface area contributed by atoms with Crippen molar-refractivity contribution in [2.24, 2.45) is 23.0 Å². The first-order valence-corrected chi connectivity index (χ1v) is 14.6. The Balaban J connectivity index is 1.36. The van der Waals surface area contributed by atoms with Gasteiger partial charge in [0.1, 0.15) is 30.7 Å². The monoisotopic (exact) mass is 572 g/mol. The van der Waals surface area contributed by atoms with Crippen molar-refractivity contribution < 1.29 is 32.7 Å². The summed E-state index contributed by atoms with van der Waals surface area (Å²) in [5.41, 5.74) is 11.8. The normalized spacial score (nSPS) is 21.6. The number of hydrogen-bond acceptors (Lipinski definition) is 13. The van der Waals surface area contributed by atoms with Crippen LogP contribution >= 0.6 is 20.0 Å². The molecule has 1 aliphatic rings. The van der Waals surface area contributed by atoms with Gasteiger partial charge in [-0.05, 0) is 26.2 Å². The summed E-state index contributed by atoms with van der Waals surface area (Å²) in [6, 6.07) is -0.733. The van der Waals surface area contributed by atoms with Crippen LogP contribution in [0, 0.1) is 17.3 Å². The zero-order valence-electron chi connectivity index (χ0n) is 22.3. The third-order valence-corrected chi connectivity index (χ3v) is 8.18. The Hall–Kier alpha value is -2.09. The molecule has 212 valence electrons. The summed E-state index contributed by atoms with van der Waals surface area (Å²) >= 11 is 1.02. The summed E-state index contributed by atoms with van der Waals surface area (Å²) in [7, 11) is -2.77. The number of nitrogens with zero attached hydrogens (tertiary/aromatic N) is 4. The van der Waals surface area contributed by atoms with Gasteiger partial charge in [0.05, 0.1) is 31.1 Å². The molecule has 0 aromatic carbocycles. The minimum absolute atomic E-state index is 0.0600. The minimum Gasteiger partial charge on any atom is -0.463 e. The van der Waals surface area contributed by atoms with Gasteiger partial charge in [0.2, 0.25) is 0 Å². The van der Waals surface area contributed by atoms with Crippen molar-refractivity contribution in [2.75, 3.05) is 31.3 Å². The van der Waals surface area contributed by atoms with E-state index in [1.54, 1.807) is 20.2 Å². The lowest BCUT2D eigenvalue weighted by atomic mass is 9.97. The molecule has 1 unspecified atom stereocenters. The predicted molar refractivity (Wildman–Crippen MR) is 143 cm³/mol. The van der Waals surface area contributed by atoms with Gasteiger partial charge in [-0.3, -0.25) is 18.7 Å². The maximum Gasteiger partial charge on any atom is 0.323 e. The predicted octanol–water partition coefficient (Wildman–Crippen LogP) is 2.57. The van der Waals surface area contributed by atoms with E-state index >= 15 is 0 Å². The topological polar surface area (TPSA) is 184 Å². The largest absolute Gasteiger partial charge is 0.463 e. The maximum atomic E-state index is 12.5. The van der Waals surface area contributed by atoms with Crippen LogP contribution in [0.1, 0.15) is 47.3 Å². The molecular weight excluding hydrogens is 535 g/mol. The highest BCUT2D eigenvalue weighted by Crippen LogP contribution is 2.37. The number of nitrogen functional groups attached to an aromatic ring is 1. The molecule has 15 heteroatoms. The van der Waals surface area contributed by atoms with Crippen molar-refractivity contribution in [1.82, 2.24) is 19.5 Å². The molecule has 4 N–H and O–H groups in total. The number of aromatic nitrogens is 4. The van der Waals surface area contributed by atoms with Crippen LogP contribution in [0.5, 0.6) is 0 Å². The quantitative estimate of drug-likeness (QED) is 0.203. The van der Waals surface area contributed by atoms with Crippen LogP contribution in [0.2, 0.25) is 0 Å². The van der Waals surface area contributed by atoms with Gasteiger partial charge in [-0.2, -0.15) is 0 Å². The molecule has 0 radical (unpaired) electrons. The fourth-order valence-corrected chi connectivity index (χ4v) is 5.38. The molecule has 38 heavy (non-hydrogen) atoms. The first-order chi connectivity index (χ1) is 17.9. The van der Waals surface area contributed by atoms with Gasteiger partial charge >= 0.3 is 14.2 Å². The van der Waals surface area contributed by atoms with E-state index in [2.05, 4.69) is 15.0 Å². The summed E-state index contributed by atoms with van der Waals surface area (Å²) in [5, 5.41) is -0.175. The van der Waals surface area contributed by atoms with Gasteiger partial charge in [-0.25, -0.2) is 15.0 Å². The second-order valence-electron chi connectivity index (χ2n) is 10.3. The number of carbonyl (C=O) groups is 2. The number of rotatable bonds is 13. The number of esters is 1. The molecule has 0 bridgehead atoms. The smallest absolute Gasteiger partial charge is 0.323 e. The molecule has 0 spiro atoms. The molecule has 0 aliphatic carbocycles. The van der Waals surface area contributed by atoms with Crippen LogP contribution in [0.3, 0.4) is 0 Å². The molecule has 2 aromatic heterocycles. The van der Waals surface area contributed by atoms with Gasteiger partial charge < -0.3 is 30.0 Å². The van der Waals surface area contributed by atoms with Gasteiger partial charge in [-0.1, -0.05) is 32.5 Å². The van der Waals surface area contributed by atoms with Gasteiger partial charge in [0.25, 0.3) is 0 Å². The van der Waals surface area contributed by atoms with E-state index in [9.17, 15) is 14.2 Å². The van der Waals surface area contributed by atoms with Crippen molar-refractivity contribution in [3.8, 4) is 0 Å². The van der Waals surface area contributed by atoms with Gasteiger partial charge in [0, 0.05) is 11.7 Å².